The van der Waals surface area contributed by atoms with Crippen LogP contribution in [0, 0.1) is 0 Å². The highest BCUT2D eigenvalue weighted by Gasteiger charge is 2.27. The molecule has 2 heterocycles. The Morgan fingerprint density at radius 3 is 1.64 bits per heavy atom. The van der Waals surface area contributed by atoms with E-state index in [9.17, 15) is 0 Å². The van der Waals surface area contributed by atoms with Gasteiger partial charge in [0.05, 0.1) is 13.2 Å². The van der Waals surface area contributed by atoms with Crippen molar-refractivity contribution in [1.82, 2.24) is 0 Å². The van der Waals surface area contributed by atoms with Crippen LogP contribution >= 0.6 is 37.9 Å². The summed E-state index contributed by atoms with van der Waals surface area (Å²) < 4.78 is 22.2. The number of halogens is 2. The largest absolute Gasteiger partial charge is 0.435 e. The van der Waals surface area contributed by atoms with Crippen molar-refractivity contribution in [2.45, 2.75) is 13.2 Å². The average Bonchev–Trinajstić information content (AvgIpc) is 2.54. The molecule has 0 radical (unpaired) electrons. The van der Waals surface area contributed by atoms with E-state index < -0.39 is 15.5 Å². The maximum absolute atomic E-state index is 6.02. The highest BCUT2D eigenvalue weighted by atomic mass is 35.7. The van der Waals surface area contributed by atoms with Gasteiger partial charge in [-0.15, -0.1) is 0 Å². The van der Waals surface area contributed by atoms with Crippen molar-refractivity contribution in [2.24, 2.45) is 0 Å². The van der Waals surface area contributed by atoms with E-state index in [0.717, 1.165) is 33.8 Å². The first-order valence-electron chi connectivity index (χ1n) is 6.50. The van der Waals surface area contributed by atoms with Crippen LogP contribution in [-0.2, 0) is 22.3 Å². The molecule has 0 amide bonds. The lowest BCUT2D eigenvalue weighted by molar-refractivity contribution is 0.286. The molecule has 0 N–H and O–H groups in total. The second-order valence-corrected chi connectivity index (χ2v) is 8.13. The Labute approximate surface area is 139 Å². The topological polar surface area (TPSA) is 36.9 Å². The first kappa shape index (κ1) is 15.0. The molecule has 0 saturated heterocycles. The number of rotatable bonds is 1. The molecule has 2 aromatic carbocycles. The molecule has 4 nitrogen and oxygen atoms in total. The van der Waals surface area contributed by atoms with Gasteiger partial charge in [-0.05, 0) is 22.5 Å². The molecule has 2 aliphatic rings. The molecular formula is C14H10Cl2O4P2. The fourth-order valence-electron chi connectivity index (χ4n) is 2.47. The van der Waals surface area contributed by atoms with Gasteiger partial charge in [-0.3, -0.25) is 0 Å². The van der Waals surface area contributed by atoms with Crippen molar-refractivity contribution in [3.63, 3.8) is 0 Å². The van der Waals surface area contributed by atoms with Crippen LogP contribution in [0.5, 0.6) is 11.5 Å². The van der Waals surface area contributed by atoms with E-state index in [1.807, 2.05) is 36.4 Å². The van der Waals surface area contributed by atoms with E-state index in [4.69, 9.17) is 40.6 Å². The standard InChI is InChI=1S/C14H10Cl2O4P2/c15-21-17-7-9-3-1-5-11(13(9)19-21)12-6-2-4-10-8-18-22(16)20-14(10)12/h1-6H,7-8H2. The number of hydrogen-bond acceptors (Lipinski definition) is 4. The smallest absolute Gasteiger partial charge is 0.338 e. The van der Waals surface area contributed by atoms with E-state index in [2.05, 4.69) is 0 Å². The van der Waals surface area contributed by atoms with Crippen molar-refractivity contribution >= 4 is 37.9 Å². The minimum Gasteiger partial charge on any atom is -0.435 e. The highest BCUT2D eigenvalue weighted by Crippen LogP contribution is 2.56. The molecule has 0 aliphatic carbocycles. The molecule has 114 valence electrons. The molecule has 0 fully saturated rings. The lowest BCUT2D eigenvalue weighted by Gasteiger charge is -2.26. The Hall–Kier alpha value is -0.600. The molecule has 0 bridgehead atoms. The van der Waals surface area contributed by atoms with Crippen LogP contribution < -0.4 is 9.05 Å². The number of para-hydroxylation sites is 2. The van der Waals surface area contributed by atoms with Gasteiger partial charge < -0.3 is 18.1 Å². The van der Waals surface area contributed by atoms with Crippen LogP contribution in [0.3, 0.4) is 0 Å². The van der Waals surface area contributed by atoms with Crippen molar-refractivity contribution in [3.8, 4) is 22.6 Å². The van der Waals surface area contributed by atoms with Gasteiger partial charge >= 0.3 is 15.5 Å². The lowest BCUT2D eigenvalue weighted by atomic mass is 9.98. The zero-order chi connectivity index (χ0) is 15.1. The summed E-state index contributed by atoms with van der Waals surface area (Å²) >= 11 is 12.0. The van der Waals surface area contributed by atoms with Crippen molar-refractivity contribution in [3.05, 3.63) is 47.5 Å². The summed E-state index contributed by atoms with van der Waals surface area (Å²) in [5.41, 5.74) is 3.78. The highest BCUT2D eigenvalue weighted by molar-refractivity contribution is 7.76. The molecular weight excluding hydrogens is 365 g/mol. The fourth-order valence-corrected chi connectivity index (χ4v) is 4.49. The third kappa shape index (κ3) is 2.69. The normalized spacial score (nSPS) is 23.0. The molecule has 4 rings (SSSR count). The second-order valence-electron chi connectivity index (χ2n) is 4.74. The summed E-state index contributed by atoms with van der Waals surface area (Å²) in [7, 11) is -2.84. The van der Waals surface area contributed by atoms with E-state index >= 15 is 0 Å². The van der Waals surface area contributed by atoms with Crippen LogP contribution in [0.2, 0.25) is 0 Å². The van der Waals surface area contributed by atoms with Crippen molar-refractivity contribution in [1.29, 1.82) is 0 Å². The van der Waals surface area contributed by atoms with Gasteiger partial charge in [-0.2, -0.15) is 0 Å². The quantitative estimate of drug-likeness (QED) is 0.564. The SMILES string of the molecule is ClP1OCc2cccc(-c3cccc4c3OP(Cl)OC4)c2O1. The lowest BCUT2D eigenvalue weighted by Crippen LogP contribution is -2.05. The maximum Gasteiger partial charge on any atom is 0.338 e. The molecule has 2 atom stereocenters. The second kappa shape index (κ2) is 6.13. The summed E-state index contributed by atoms with van der Waals surface area (Å²) in [6, 6.07) is 11.8. The van der Waals surface area contributed by atoms with E-state index in [-0.39, 0.29) is 0 Å². The van der Waals surface area contributed by atoms with Crippen LogP contribution in [0.15, 0.2) is 36.4 Å². The summed E-state index contributed by atoms with van der Waals surface area (Å²) in [5, 5.41) is 0. The molecule has 2 unspecified atom stereocenters. The van der Waals surface area contributed by atoms with E-state index in [1.165, 1.54) is 0 Å². The van der Waals surface area contributed by atoms with Gasteiger partial charge in [0, 0.05) is 22.3 Å². The first-order valence-corrected chi connectivity index (χ1v) is 10.7. The average molecular weight is 375 g/mol. The Kier molecular flexibility index (Phi) is 4.17. The Bertz CT molecular complexity index is 666. The summed E-state index contributed by atoms with van der Waals surface area (Å²) in [6.07, 6.45) is 0. The predicted molar refractivity (Wildman–Crippen MR) is 88.3 cm³/mol. The van der Waals surface area contributed by atoms with Crippen molar-refractivity contribution in [2.75, 3.05) is 0 Å². The number of hydrogen-bond donors (Lipinski definition) is 0. The van der Waals surface area contributed by atoms with Gasteiger partial charge in [-0.1, -0.05) is 36.4 Å². The zero-order valence-electron chi connectivity index (χ0n) is 11.2. The Balaban J connectivity index is 1.87. The van der Waals surface area contributed by atoms with Crippen LogP contribution in [-0.4, -0.2) is 0 Å². The minimum absolute atomic E-state index is 0.444. The van der Waals surface area contributed by atoms with Crippen LogP contribution in [0.25, 0.3) is 11.1 Å². The summed E-state index contributed by atoms with van der Waals surface area (Å²) in [6.45, 7) is 0.888. The van der Waals surface area contributed by atoms with E-state index in [0.29, 0.717) is 13.2 Å². The van der Waals surface area contributed by atoms with Crippen molar-refractivity contribution < 1.29 is 18.1 Å². The van der Waals surface area contributed by atoms with Gasteiger partial charge in [0.25, 0.3) is 0 Å². The molecule has 0 saturated carbocycles. The summed E-state index contributed by atoms with van der Waals surface area (Å²) in [5.74, 6) is 1.49. The Morgan fingerprint density at radius 2 is 1.18 bits per heavy atom. The van der Waals surface area contributed by atoms with Gasteiger partial charge in [-0.25, -0.2) is 0 Å². The molecule has 22 heavy (non-hydrogen) atoms. The third-order valence-corrected chi connectivity index (χ3v) is 5.77. The Morgan fingerprint density at radius 1 is 0.727 bits per heavy atom. The van der Waals surface area contributed by atoms with E-state index in [1.54, 1.807) is 0 Å². The number of fused-ring (bicyclic) bond motifs is 2. The minimum atomic E-state index is -1.42. The molecule has 8 heteroatoms. The molecule has 2 aromatic rings. The fraction of sp³-hybridized carbons (Fsp3) is 0.143. The monoisotopic (exact) mass is 374 g/mol. The van der Waals surface area contributed by atoms with Gasteiger partial charge in [0.15, 0.2) is 0 Å². The molecule has 2 aliphatic heterocycles. The van der Waals surface area contributed by atoms with Crippen LogP contribution in [0.4, 0.5) is 0 Å². The molecule has 0 spiro atoms. The predicted octanol–water partition coefficient (Wildman–Crippen LogP) is 6.10. The number of benzene rings is 2. The van der Waals surface area contributed by atoms with Gasteiger partial charge in [0.2, 0.25) is 0 Å². The van der Waals surface area contributed by atoms with Gasteiger partial charge in [0.1, 0.15) is 11.5 Å². The summed E-state index contributed by atoms with van der Waals surface area (Å²) in [4.78, 5) is 0. The molecule has 0 aromatic heterocycles. The zero-order valence-corrected chi connectivity index (χ0v) is 14.5. The third-order valence-electron chi connectivity index (χ3n) is 3.45. The first-order chi connectivity index (χ1) is 10.7. The maximum atomic E-state index is 6.02. The van der Waals surface area contributed by atoms with Crippen LogP contribution in [0.1, 0.15) is 11.1 Å².